The minimum atomic E-state index is 0.123. The number of halogens is 1. The summed E-state index contributed by atoms with van der Waals surface area (Å²) in [5.41, 5.74) is 7.42. The van der Waals surface area contributed by atoms with Gasteiger partial charge in [0.2, 0.25) is 0 Å². The summed E-state index contributed by atoms with van der Waals surface area (Å²) in [6, 6.07) is 0.127. The first-order chi connectivity index (χ1) is 11.1. The number of hydrogen-bond acceptors (Lipinski definition) is 6. The van der Waals surface area contributed by atoms with Crippen LogP contribution in [0.2, 0.25) is 0 Å². The van der Waals surface area contributed by atoms with Crippen LogP contribution in [0.15, 0.2) is 23.2 Å². The molecule has 4 heterocycles. The number of anilines is 1. The molecule has 23 heavy (non-hydrogen) atoms. The Bertz CT molecular complexity index is 731. The van der Waals surface area contributed by atoms with Crippen molar-refractivity contribution >= 4 is 32.7 Å². The molecule has 7 heteroatoms. The van der Waals surface area contributed by atoms with E-state index in [1.807, 2.05) is 12.4 Å². The molecular weight excluding hydrogens is 358 g/mol. The Labute approximate surface area is 143 Å². The Kier molecular flexibility index (Phi) is 3.74. The maximum absolute atomic E-state index is 6.40. The van der Waals surface area contributed by atoms with Gasteiger partial charge in [-0.05, 0) is 35.7 Å². The number of nitrogens with zero attached hydrogens (tertiary/aromatic N) is 4. The molecule has 2 aliphatic rings. The third kappa shape index (κ3) is 2.42. The van der Waals surface area contributed by atoms with Crippen LogP contribution in [0.4, 0.5) is 5.82 Å². The summed E-state index contributed by atoms with van der Waals surface area (Å²) in [6.45, 7) is 4.72. The highest BCUT2D eigenvalue weighted by Crippen LogP contribution is 2.42. The highest BCUT2D eigenvalue weighted by Gasteiger charge is 2.47. The molecule has 2 aromatic heterocycles. The van der Waals surface area contributed by atoms with Gasteiger partial charge in [-0.25, -0.2) is 15.0 Å². The van der Waals surface area contributed by atoms with Crippen molar-refractivity contribution in [2.24, 2.45) is 11.1 Å². The number of rotatable bonds is 1. The van der Waals surface area contributed by atoms with E-state index in [4.69, 9.17) is 10.5 Å². The molecule has 0 amide bonds. The zero-order valence-corrected chi connectivity index (χ0v) is 14.7. The predicted molar refractivity (Wildman–Crippen MR) is 92.3 cm³/mol. The van der Waals surface area contributed by atoms with Gasteiger partial charge in [0.15, 0.2) is 0 Å². The van der Waals surface area contributed by atoms with Crippen LogP contribution in [0.5, 0.6) is 0 Å². The van der Waals surface area contributed by atoms with E-state index in [-0.39, 0.29) is 17.6 Å². The molecule has 4 rings (SSSR count). The van der Waals surface area contributed by atoms with Crippen LogP contribution in [0, 0.1) is 5.41 Å². The summed E-state index contributed by atoms with van der Waals surface area (Å²) < 4.78 is 6.70. The van der Waals surface area contributed by atoms with Gasteiger partial charge < -0.3 is 15.4 Å². The molecule has 2 aromatic rings. The molecule has 0 saturated carbocycles. The van der Waals surface area contributed by atoms with Gasteiger partial charge >= 0.3 is 0 Å². The molecule has 0 radical (unpaired) electrons. The molecule has 2 aliphatic heterocycles. The van der Waals surface area contributed by atoms with Gasteiger partial charge in [0.05, 0.1) is 28.1 Å². The second-order valence-corrected chi connectivity index (χ2v) is 7.46. The Morgan fingerprint density at radius 3 is 2.78 bits per heavy atom. The summed E-state index contributed by atoms with van der Waals surface area (Å²) in [6.07, 6.45) is 7.45. The third-order valence-electron chi connectivity index (χ3n) is 5.38. The lowest BCUT2D eigenvalue weighted by atomic mass is 9.73. The van der Waals surface area contributed by atoms with Crippen LogP contribution in [-0.4, -0.2) is 46.8 Å². The smallest absolute Gasteiger partial charge is 0.139 e. The highest BCUT2D eigenvalue weighted by molar-refractivity contribution is 9.10. The topological polar surface area (TPSA) is 77.2 Å². The summed E-state index contributed by atoms with van der Waals surface area (Å²) in [5.74, 6) is 0.958. The first kappa shape index (κ1) is 15.2. The van der Waals surface area contributed by atoms with Crippen LogP contribution in [0.1, 0.15) is 19.8 Å². The molecule has 0 aliphatic carbocycles. The standard InChI is InChI=1S/C16H20BrN5O/c1-10-14(18)16(8-23-10)2-4-22(5-3-16)15-11-6-19-9-21-13(11)12(17)7-20-15/h6-7,9-10,14H,2-5,8,18H2,1H3/t10-,14+/m0/s1. The van der Waals surface area contributed by atoms with E-state index in [0.717, 1.165) is 53.7 Å². The van der Waals surface area contributed by atoms with Crippen molar-refractivity contribution in [1.29, 1.82) is 0 Å². The number of pyridine rings is 1. The zero-order valence-electron chi connectivity index (χ0n) is 13.1. The van der Waals surface area contributed by atoms with Crippen LogP contribution in [0.3, 0.4) is 0 Å². The Morgan fingerprint density at radius 2 is 2.09 bits per heavy atom. The SMILES string of the molecule is C[C@@H]1OCC2(CCN(c3ncc(Br)c4ncncc34)CC2)[C@@H]1N. The first-order valence-corrected chi connectivity index (χ1v) is 8.76. The van der Waals surface area contributed by atoms with E-state index in [1.54, 1.807) is 6.33 Å². The fraction of sp³-hybridized carbons (Fsp3) is 0.562. The molecule has 0 bridgehead atoms. The molecule has 122 valence electrons. The Balaban J connectivity index is 1.61. The molecular formula is C16H20BrN5O. The quantitative estimate of drug-likeness (QED) is 0.819. The number of nitrogens with two attached hydrogens (primary N) is 1. The first-order valence-electron chi connectivity index (χ1n) is 7.97. The molecule has 0 aromatic carbocycles. The average molecular weight is 378 g/mol. The van der Waals surface area contributed by atoms with Crippen LogP contribution < -0.4 is 10.6 Å². The van der Waals surface area contributed by atoms with E-state index in [2.05, 4.69) is 42.7 Å². The van der Waals surface area contributed by atoms with Crippen LogP contribution in [0.25, 0.3) is 10.9 Å². The molecule has 2 atom stereocenters. The normalized spacial score (nSPS) is 27.0. The Hall–Kier alpha value is -1.31. The van der Waals surface area contributed by atoms with Gasteiger partial charge in [-0.15, -0.1) is 0 Å². The number of hydrogen-bond donors (Lipinski definition) is 1. The monoisotopic (exact) mass is 377 g/mol. The van der Waals surface area contributed by atoms with Gasteiger partial charge in [0.1, 0.15) is 12.1 Å². The summed E-state index contributed by atoms with van der Waals surface area (Å²) in [4.78, 5) is 15.5. The van der Waals surface area contributed by atoms with Gasteiger partial charge in [-0.1, -0.05) is 0 Å². The molecule has 0 unspecified atom stereocenters. The zero-order chi connectivity index (χ0) is 16.0. The van der Waals surface area contributed by atoms with E-state index >= 15 is 0 Å². The summed E-state index contributed by atoms with van der Waals surface area (Å²) >= 11 is 3.51. The maximum atomic E-state index is 6.40. The lowest BCUT2D eigenvalue weighted by Crippen LogP contribution is -2.50. The van der Waals surface area contributed by atoms with E-state index in [9.17, 15) is 0 Å². The second kappa shape index (κ2) is 5.65. The number of aromatic nitrogens is 3. The average Bonchev–Trinajstić information content (AvgIpc) is 2.86. The Morgan fingerprint density at radius 1 is 1.30 bits per heavy atom. The van der Waals surface area contributed by atoms with Crippen molar-refractivity contribution < 1.29 is 4.74 Å². The van der Waals surface area contributed by atoms with Crippen molar-refractivity contribution in [2.75, 3.05) is 24.6 Å². The molecule has 6 nitrogen and oxygen atoms in total. The summed E-state index contributed by atoms with van der Waals surface area (Å²) in [7, 11) is 0. The van der Waals surface area contributed by atoms with Crippen molar-refractivity contribution in [3.8, 4) is 0 Å². The van der Waals surface area contributed by atoms with Gasteiger partial charge in [0.25, 0.3) is 0 Å². The number of fused-ring (bicyclic) bond motifs is 1. The van der Waals surface area contributed by atoms with Gasteiger partial charge in [-0.3, -0.25) is 0 Å². The minimum absolute atomic E-state index is 0.123. The fourth-order valence-electron chi connectivity index (χ4n) is 3.82. The predicted octanol–water partition coefficient (Wildman–Crippen LogP) is 2.12. The molecule has 2 saturated heterocycles. The second-order valence-electron chi connectivity index (χ2n) is 6.61. The maximum Gasteiger partial charge on any atom is 0.139 e. The molecule has 2 N–H and O–H groups in total. The number of piperidine rings is 1. The lowest BCUT2D eigenvalue weighted by Gasteiger charge is -2.41. The molecule has 2 fully saturated rings. The lowest BCUT2D eigenvalue weighted by molar-refractivity contribution is 0.0974. The van der Waals surface area contributed by atoms with Crippen molar-refractivity contribution in [1.82, 2.24) is 15.0 Å². The van der Waals surface area contributed by atoms with Crippen LogP contribution in [-0.2, 0) is 4.74 Å². The van der Waals surface area contributed by atoms with Gasteiger partial charge in [-0.2, -0.15) is 0 Å². The van der Waals surface area contributed by atoms with E-state index in [1.165, 1.54) is 0 Å². The third-order valence-corrected chi connectivity index (χ3v) is 5.97. The fourth-order valence-corrected chi connectivity index (χ4v) is 4.24. The molecule has 1 spiro atoms. The van der Waals surface area contributed by atoms with E-state index in [0.29, 0.717) is 0 Å². The highest BCUT2D eigenvalue weighted by atomic mass is 79.9. The van der Waals surface area contributed by atoms with E-state index < -0.39 is 0 Å². The largest absolute Gasteiger partial charge is 0.376 e. The summed E-state index contributed by atoms with van der Waals surface area (Å²) in [5, 5.41) is 0.984. The number of ether oxygens (including phenoxy) is 1. The van der Waals surface area contributed by atoms with Crippen molar-refractivity contribution in [3.63, 3.8) is 0 Å². The van der Waals surface area contributed by atoms with Crippen molar-refractivity contribution in [2.45, 2.75) is 31.9 Å². The van der Waals surface area contributed by atoms with Crippen LogP contribution >= 0.6 is 15.9 Å². The van der Waals surface area contributed by atoms with Crippen molar-refractivity contribution in [3.05, 3.63) is 23.2 Å². The van der Waals surface area contributed by atoms with Gasteiger partial charge in [0, 0.05) is 36.9 Å². The minimum Gasteiger partial charge on any atom is -0.376 e.